The Labute approximate surface area is 89.1 Å². The molecule has 15 heavy (non-hydrogen) atoms. The van der Waals surface area contributed by atoms with Gasteiger partial charge < -0.3 is 5.73 Å². The Kier molecular flexibility index (Phi) is 2.61. The summed E-state index contributed by atoms with van der Waals surface area (Å²) < 4.78 is 1.73. The van der Waals surface area contributed by atoms with Crippen LogP contribution >= 0.6 is 0 Å². The lowest BCUT2D eigenvalue weighted by Gasteiger charge is -2.29. The highest BCUT2D eigenvalue weighted by atomic mass is 16.1. The van der Waals surface area contributed by atoms with E-state index in [0.29, 0.717) is 6.54 Å². The maximum absolute atomic E-state index is 11.9. The smallest absolute Gasteiger partial charge is 0.254 e. The lowest BCUT2D eigenvalue weighted by molar-refractivity contribution is 0.291. The Bertz CT molecular complexity index is 405. The van der Waals surface area contributed by atoms with Crippen molar-refractivity contribution >= 4 is 0 Å². The standard InChI is InChI=1S/C11H17N3O/c1-9-6-10(15)14(8-13-9)11(7-12)4-2-3-5-11/h6,8H,2-5,7,12H2,1H3. The topological polar surface area (TPSA) is 60.9 Å². The molecule has 1 aliphatic rings. The maximum atomic E-state index is 11.9. The molecule has 4 heteroatoms. The zero-order valence-electron chi connectivity index (χ0n) is 9.07. The first-order valence-electron chi connectivity index (χ1n) is 5.44. The van der Waals surface area contributed by atoms with Gasteiger partial charge in [-0.15, -0.1) is 0 Å². The predicted octanol–water partition coefficient (Wildman–Crippen LogP) is 0.780. The van der Waals surface area contributed by atoms with Crippen LogP contribution in [0, 0.1) is 6.92 Å². The third kappa shape index (κ3) is 1.69. The highest BCUT2D eigenvalue weighted by Crippen LogP contribution is 2.34. The molecule has 82 valence electrons. The number of aryl methyl sites for hydroxylation is 1. The third-order valence-electron chi connectivity index (χ3n) is 3.37. The van der Waals surface area contributed by atoms with Gasteiger partial charge in [0.25, 0.3) is 5.56 Å². The van der Waals surface area contributed by atoms with Gasteiger partial charge in [0.05, 0.1) is 11.9 Å². The lowest BCUT2D eigenvalue weighted by Crippen LogP contribution is -2.44. The molecule has 1 aromatic rings. The summed E-state index contributed by atoms with van der Waals surface area (Å²) in [5, 5.41) is 0. The summed E-state index contributed by atoms with van der Waals surface area (Å²) in [4.78, 5) is 16.0. The molecule has 0 spiro atoms. The van der Waals surface area contributed by atoms with Crippen LogP contribution < -0.4 is 11.3 Å². The highest BCUT2D eigenvalue weighted by molar-refractivity contribution is 5.02. The summed E-state index contributed by atoms with van der Waals surface area (Å²) in [6.45, 7) is 2.35. The van der Waals surface area contributed by atoms with Crippen LogP contribution in [0.4, 0.5) is 0 Å². The Morgan fingerprint density at radius 3 is 2.73 bits per heavy atom. The van der Waals surface area contributed by atoms with Crippen molar-refractivity contribution in [2.75, 3.05) is 6.54 Å². The molecule has 1 saturated carbocycles. The van der Waals surface area contributed by atoms with E-state index in [0.717, 1.165) is 31.4 Å². The van der Waals surface area contributed by atoms with Crippen molar-refractivity contribution in [1.82, 2.24) is 9.55 Å². The second-order valence-electron chi connectivity index (χ2n) is 4.37. The Morgan fingerprint density at radius 2 is 2.20 bits per heavy atom. The van der Waals surface area contributed by atoms with Crippen LogP contribution in [0.5, 0.6) is 0 Å². The average molecular weight is 207 g/mol. The molecular weight excluding hydrogens is 190 g/mol. The minimum atomic E-state index is -0.169. The molecule has 1 fully saturated rings. The van der Waals surface area contributed by atoms with Gasteiger partial charge in [0.1, 0.15) is 0 Å². The molecule has 0 bridgehead atoms. The minimum absolute atomic E-state index is 0.0230. The molecule has 1 heterocycles. The van der Waals surface area contributed by atoms with Crippen molar-refractivity contribution in [1.29, 1.82) is 0 Å². The normalized spacial score (nSPS) is 19.3. The van der Waals surface area contributed by atoms with Crippen molar-refractivity contribution in [3.63, 3.8) is 0 Å². The molecular formula is C11H17N3O. The summed E-state index contributed by atoms with van der Waals surface area (Å²) in [5.74, 6) is 0. The van der Waals surface area contributed by atoms with Crippen molar-refractivity contribution in [3.05, 3.63) is 28.4 Å². The largest absolute Gasteiger partial charge is 0.328 e. The number of hydrogen-bond donors (Lipinski definition) is 1. The van der Waals surface area contributed by atoms with Gasteiger partial charge in [0, 0.05) is 18.3 Å². The van der Waals surface area contributed by atoms with Gasteiger partial charge in [-0.25, -0.2) is 4.98 Å². The molecule has 0 aliphatic heterocycles. The first kappa shape index (κ1) is 10.4. The summed E-state index contributed by atoms with van der Waals surface area (Å²) in [6.07, 6.45) is 5.94. The Hall–Kier alpha value is -1.16. The van der Waals surface area contributed by atoms with Gasteiger partial charge >= 0.3 is 0 Å². The monoisotopic (exact) mass is 207 g/mol. The summed E-state index contributed by atoms with van der Waals surface area (Å²) in [7, 11) is 0. The average Bonchev–Trinajstić information content (AvgIpc) is 2.67. The maximum Gasteiger partial charge on any atom is 0.254 e. The molecule has 4 nitrogen and oxygen atoms in total. The van der Waals surface area contributed by atoms with Crippen LogP contribution in [0.2, 0.25) is 0 Å². The number of nitrogens with zero attached hydrogens (tertiary/aromatic N) is 2. The van der Waals surface area contributed by atoms with E-state index in [2.05, 4.69) is 4.98 Å². The summed E-state index contributed by atoms with van der Waals surface area (Å²) >= 11 is 0. The Morgan fingerprint density at radius 1 is 1.53 bits per heavy atom. The van der Waals surface area contributed by atoms with E-state index in [1.165, 1.54) is 0 Å². The molecule has 0 radical (unpaired) electrons. The quantitative estimate of drug-likeness (QED) is 0.779. The van der Waals surface area contributed by atoms with Crippen LogP contribution in [-0.4, -0.2) is 16.1 Å². The molecule has 0 saturated heterocycles. The summed E-state index contributed by atoms with van der Waals surface area (Å²) in [6, 6.07) is 1.58. The molecule has 0 unspecified atom stereocenters. The van der Waals surface area contributed by atoms with Gasteiger partial charge in [0.15, 0.2) is 0 Å². The first-order valence-corrected chi connectivity index (χ1v) is 5.44. The van der Waals surface area contributed by atoms with Crippen LogP contribution in [0.15, 0.2) is 17.2 Å². The van der Waals surface area contributed by atoms with E-state index in [9.17, 15) is 4.79 Å². The van der Waals surface area contributed by atoms with E-state index in [1.54, 1.807) is 17.0 Å². The van der Waals surface area contributed by atoms with Crippen LogP contribution in [0.1, 0.15) is 31.4 Å². The van der Waals surface area contributed by atoms with Gasteiger partial charge in [-0.3, -0.25) is 9.36 Å². The number of rotatable bonds is 2. The molecule has 0 amide bonds. The van der Waals surface area contributed by atoms with Gasteiger partial charge in [-0.05, 0) is 19.8 Å². The van der Waals surface area contributed by atoms with Crippen molar-refractivity contribution < 1.29 is 0 Å². The number of hydrogen-bond acceptors (Lipinski definition) is 3. The molecule has 2 rings (SSSR count). The minimum Gasteiger partial charge on any atom is -0.328 e. The van der Waals surface area contributed by atoms with E-state index < -0.39 is 0 Å². The van der Waals surface area contributed by atoms with E-state index >= 15 is 0 Å². The number of nitrogens with two attached hydrogens (primary N) is 1. The van der Waals surface area contributed by atoms with Crippen molar-refractivity contribution in [2.45, 2.75) is 38.1 Å². The molecule has 2 N–H and O–H groups in total. The fourth-order valence-electron chi connectivity index (χ4n) is 2.42. The van der Waals surface area contributed by atoms with Crippen molar-refractivity contribution in [3.8, 4) is 0 Å². The van der Waals surface area contributed by atoms with Crippen LogP contribution in [-0.2, 0) is 5.54 Å². The molecule has 0 aromatic carbocycles. The van der Waals surface area contributed by atoms with Gasteiger partial charge in [0.2, 0.25) is 0 Å². The molecule has 0 atom stereocenters. The van der Waals surface area contributed by atoms with Crippen LogP contribution in [0.3, 0.4) is 0 Å². The molecule has 1 aliphatic carbocycles. The first-order chi connectivity index (χ1) is 7.18. The fraction of sp³-hybridized carbons (Fsp3) is 0.636. The third-order valence-corrected chi connectivity index (χ3v) is 3.37. The lowest BCUT2D eigenvalue weighted by atomic mass is 9.97. The zero-order chi connectivity index (χ0) is 10.9. The zero-order valence-corrected chi connectivity index (χ0v) is 9.07. The van der Waals surface area contributed by atoms with Gasteiger partial charge in [-0.1, -0.05) is 12.8 Å². The van der Waals surface area contributed by atoms with E-state index in [1.807, 2.05) is 6.92 Å². The Balaban J connectivity index is 2.47. The fourth-order valence-corrected chi connectivity index (χ4v) is 2.42. The predicted molar refractivity (Wildman–Crippen MR) is 58.7 cm³/mol. The highest BCUT2D eigenvalue weighted by Gasteiger charge is 2.34. The van der Waals surface area contributed by atoms with E-state index in [-0.39, 0.29) is 11.1 Å². The van der Waals surface area contributed by atoms with Crippen molar-refractivity contribution in [2.24, 2.45) is 5.73 Å². The summed E-state index contributed by atoms with van der Waals surface area (Å²) in [5.41, 5.74) is 6.44. The van der Waals surface area contributed by atoms with Crippen LogP contribution in [0.25, 0.3) is 0 Å². The second-order valence-corrected chi connectivity index (χ2v) is 4.37. The molecule has 1 aromatic heterocycles. The second kappa shape index (κ2) is 3.77. The number of aromatic nitrogens is 2. The SMILES string of the molecule is Cc1cc(=O)n(C2(CN)CCCC2)cn1. The van der Waals surface area contributed by atoms with Gasteiger partial charge in [-0.2, -0.15) is 0 Å². The van der Waals surface area contributed by atoms with E-state index in [4.69, 9.17) is 5.73 Å².